The van der Waals surface area contributed by atoms with Gasteiger partial charge in [0.05, 0.1) is 13.2 Å². The zero-order valence-corrected chi connectivity index (χ0v) is 16.5. The van der Waals surface area contributed by atoms with Gasteiger partial charge in [-0.3, -0.25) is 9.59 Å². The molecule has 1 amide bonds. The molecule has 1 saturated heterocycles. The van der Waals surface area contributed by atoms with Crippen LogP contribution in [0.15, 0.2) is 65.6 Å². The van der Waals surface area contributed by atoms with E-state index in [2.05, 4.69) is 18.2 Å². The summed E-state index contributed by atoms with van der Waals surface area (Å²) in [6, 6.07) is 17.2. The van der Waals surface area contributed by atoms with Crippen LogP contribution in [0.1, 0.15) is 30.5 Å². The quantitative estimate of drug-likeness (QED) is 0.677. The molecule has 2 aromatic carbocycles. The Hall–Kier alpha value is -2.92. The molecule has 2 atom stereocenters. The largest absolute Gasteiger partial charge is 0.367 e. The molecule has 5 rings (SSSR count). The van der Waals surface area contributed by atoms with Crippen molar-refractivity contribution < 1.29 is 9.53 Å². The standard InChI is InChI=1S/C24H24N2O3/c1-17(26-13-11-18-6-2-4-8-20(18)23(26)28)22(27)25-14-15-29-24(16-25)12-10-19-7-3-5-9-21(19)24/h2-9,11,13,17H,10,12,14-16H2,1H3/t17-,24-/m1/s1. The fraction of sp³-hybridized carbons (Fsp3) is 0.333. The number of morpholine rings is 1. The molecule has 1 aliphatic heterocycles. The fourth-order valence-electron chi connectivity index (χ4n) is 4.83. The van der Waals surface area contributed by atoms with Gasteiger partial charge >= 0.3 is 0 Å². The number of pyridine rings is 1. The lowest BCUT2D eigenvalue weighted by Gasteiger charge is -2.42. The number of carbonyl (C=O) groups is 1. The molecular formula is C24H24N2O3. The second kappa shape index (κ2) is 6.85. The molecule has 2 heterocycles. The highest BCUT2D eigenvalue weighted by Gasteiger charge is 2.44. The van der Waals surface area contributed by atoms with Crippen molar-refractivity contribution in [2.75, 3.05) is 19.7 Å². The van der Waals surface area contributed by atoms with Gasteiger partial charge in [0.25, 0.3) is 5.56 Å². The van der Waals surface area contributed by atoms with Crippen LogP contribution in [-0.4, -0.2) is 35.1 Å². The maximum absolute atomic E-state index is 13.3. The van der Waals surface area contributed by atoms with Crippen LogP contribution in [0.3, 0.4) is 0 Å². The summed E-state index contributed by atoms with van der Waals surface area (Å²) >= 11 is 0. The van der Waals surface area contributed by atoms with Crippen LogP contribution in [-0.2, 0) is 21.6 Å². The first-order chi connectivity index (χ1) is 14.1. The Bertz CT molecular complexity index is 1150. The number of fused-ring (bicyclic) bond motifs is 3. The number of ether oxygens (including phenoxy) is 1. The van der Waals surface area contributed by atoms with Gasteiger partial charge in [0.2, 0.25) is 5.91 Å². The predicted octanol–water partition coefficient (Wildman–Crippen LogP) is 3.26. The Kier molecular flexibility index (Phi) is 4.28. The first-order valence-corrected chi connectivity index (χ1v) is 10.2. The second-order valence-corrected chi connectivity index (χ2v) is 8.05. The van der Waals surface area contributed by atoms with Crippen molar-refractivity contribution in [3.05, 3.63) is 82.3 Å². The Balaban J connectivity index is 1.44. The number of carbonyl (C=O) groups excluding carboxylic acids is 1. The van der Waals surface area contributed by atoms with Gasteiger partial charge in [-0.2, -0.15) is 0 Å². The van der Waals surface area contributed by atoms with Crippen molar-refractivity contribution in [2.24, 2.45) is 0 Å². The van der Waals surface area contributed by atoms with E-state index in [4.69, 9.17) is 4.74 Å². The van der Waals surface area contributed by atoms with Crippen molar-refractivity contribution in [3.63, 3.8) is 0 Å². The highest BCUT2D eigenvalue weighted by atomic mass is 16.5. The summed E-state index contributed by atoms with van der Waals surface area (Å²) in [6.07, 6.45) is 3.59. The Labute approximate surface area is 169 Å². The van der Waals surface area contributed by atoms with Crippen LogP contribution >= 0.6 is 0 Å². The third-order valence-electron chi connectivity index (χ3n) is 6.42. The highest BCUT2D eigenvalue weighted by Crippen LogP contribution is 2.42. The Morgan fingerprint density at radius 2 is 1.90 bits per heavy atom. The molecule has 29 heavy (non-hydrogen) atoms. The van der Waals surface area contributed by atoms with Gasteiger partial charge in [0.1, 0.15) is 11.6 Å². The molecule has 2 aliphatic rings. The molecule has 5 heteroatoms. The predicted molar refractivity (Wildman–Crippen MR) is 112 cm³/mol. The van der Waals surface area contributed by atoms with Crippen molar-refractivity contribution in [2.45, 2.75) is 31.4 Å². The van der Waals surface area contributed by atoms with E-state index in [0.717, 1.165) is 18.2 Å². The summed E-state index contributed by atoms with van der Waals surface area (Å²) < 4.78 is 7.79. The van der Waals surface area contributed by atoms with Gasteiger partial charge in [0.15, 0.2) is 0 Å². The molecule has 0 saturated carbocycles. The molecule has 0 bridgehead atoms. The highest BCUT2D eigenvalue weighted by molar-refractivity contribution is 5.83. The van der Waals surface area contributed by atoms with Crippen LogP contribution in [0.4, 0.5) is 0 Å². The number of hydrogen-bond donors (Lipinski definition) is 0. The zero-order chi connectivity index (χ0) is 20.0. The molecule has 0 unspecified atom stereocenters. The lowest BCUT2D eigenvalue weighted by atomic mass is 9.93. The van der Waals surface area contributed by atoms with E-state index in [1.54, 1.807) is 10.8 Å². The Morgan fingerprint density at radius 3 is 2.79 bits per heavy atom. The molecule has 1 aromatic heterocycles. The Morgan fingerprint density at radius 1 is 1.10 bits per heavy atom. The lowest BCUT2D eigenvalue weighted by Crippen LogP contribution is -2.52. The molecule has 5 nitrogen and oxygen atoms in total. The van der Waals surface area contributed by atoms with E-state index >= 15 is 0 Å². The number of hydrogen-bond acceptors (Lipinski definition) is 3. The van der Waals surface area contributed by atoms with Crippen molar-refractivity contribution >= 4 is 16.7 Å². The third kappa shape index (κ3) is 2.88. The number of amides is 1. The first kappa shape index (κ1) is 18.1. The smallest absolute Gasteiger partial charge is 0.259 e. The van der Waals surface area contributed by atoms with E-state index in [-0.39, 0.29) is 11.5 Å². The van der Waals surface area contributed by atoms with E-state index in [9.17, 15) is 9.59 Å². The first-order valence-electron chi connectivity index (χ1n) is 10.2. The second-order valence-electron chi connectivity index (χ2n) is 8.05. The number of benzene rings is 2. The van der Waals surface area contributed by atoms with Gasteiger partial charge in [-0.25, -0.2) is 0 Å². The molecule has 0 N–H and O–H groups in total. The van der Waals surface area contributed by atoms with Crippen molar-refractivity contribution in [3.8, 4) is 0 Å². The number of nitrogens with zero attached hydrogens (tertiary/aromatic N) is 2. The molecular weight excluding hydrogens is 364 g/mol. The van der Waals surface area contributed by atoms with Crippen LogP contribution in [0.5, 0.6) is 0 Å². The van der Waals surface area contributed by atoms with Gasteiger partial charge in [-0.15, -0.1) is 0 Å². The van der Waals surface area contributed by atoms with E-state index in [1.807, 2.05) is 48.2 Å². The maximum Gasteiger partial charge on any atom is 0.259 e. The van der Waals surface area contributed by atoms with Gasteiger partial charge < -0.3 is 14.2 Å². The summed E-state index contributed by atoms with van der Waals surface area (Å²) in [5.74, 6) is -0.0329. The monoisotopic (exact) mass is 388 g/mol. The molecule has 1 fully saturated rings. The summed E-state index contributed by atoms with van der Waals surface area (Å²) in [5.41, 5.74) is 1.96. The van der Waals surface area contributed by atoms with Gasteiger partial charge in [-0.1, -0.05) is 42.5 Å². The topological polar surface area (TPSA) is 51.5 Å². The van der Waals surface area contributed by atoms with E-state index in [0.29, 0.717) is 25.1 Å². The number of rotatable bonds is 2. The average molecular weight is 388 g/mol. The van der Waals surface area contributed by atoms with Gasteiger partial charge in [-0.05, 0) is 48.4 Å². The number of aromatic nitrogens is 1. The summed E-state index contributed by atoms with van der Waals surface area (Å²) in [5, 5.41) is 1.53. The number of aryl methyl sites for hydroxylation is 1. The molecule has 3 aromatic rings. The summed E-state index contributed by atoms with van der Waals surface area (Å²) in [6.45, 7) is 3.41. The average Bonchev–Trinajstić information content (AvgIpc) is 3.11. The van der Waals surface area contributed by atoms with Crippen LogP contribution in [0, 0.1) is 0 Å². The van der Waals surface area contributed by atoms with Crippen molar-refractivity contribution in [1.29, 1.82) is 0 Å². The third-order valence-corrected chi connectivity index (χ3v) is 6.42. The summed E-state index contributed by atoms with van der Waals surface area (Å²) in [4.78, 5) is 28.2. The van der Waals surface area contributed by atoms with Gasteiger partial charge in [0, 0.05) is 18.1 Å². The SMILES string of the molecule is C[C@H](C(=O)N1CCO[C@]2(CCc3ccccc32)C1)n1ccc2ccccc2c1=O. The molecule has 148 valence electrons. The van der Waals surface area contributed by atoms with E-state index < -0.39 is 11.6 Å². The van der Waals surface area contributed by atoms with Crippen LogP contribution in [0.2, 0.25) is 0 Å². The van der Waals surface area contributed by atoms with E-state index in [1.165, 1.54) is 11.1 Å². The minimum absolute atomic E-state index is 0.0329. The normalized spacial score (nSPS) is 22.0. The molecule has 0 radical (unpaired) electrons. The minimum atomic E-state index is -0.557. The fourth-order valence-corrected chi connectivity index (χ4v) is 4.83. The zero-order valence-electron chi connectivity index (χ0n) is 16.5. The lowest BCUT2D eigenvalue weighted by molar-refractivity contribution is -0.155. The summed E-state index contributed by atoms with van der Waals surface area (Å²) in [7, 11) is 0. The van der Waals surface area contributed by atoms with Crippen LogP contribution < -0.4 is 5.56 Å². The maximum atomic E-state index is 13.3. The molecule has 1 aliphatic carbocycles. The van der Waals surface area contributed by atoms with Crippen molar-refractivity contribution in [1.82, 2.24) is 9.47 Å². The van der Waals surface area contributed by atoms with Crippen LogP contribution in [0.25, 0.3) is 10.8 Å². The molecule has 1 spiro atoms. The minimum Gasteiger partial charge on any atom is -0.367 e.